The monoisotopic (exact) mass is 381 g/mol. The Kier molecular flexibility index (Phi) is 3.79. The van der Waals surface area contributed by atoms with Crippen molar-refractivity contribution in [1.82, 2.24) is 14.2 Å². The van der Waals surface area contributed by atoms with Crippen LogP contribution in [-0.2, 0) is 10.0 Å². The Morgan fingerprint density at radius 3 is 2.27 bits per heavy atom. The van der Waals surface area contributed by atoms with E-state index in [4.69, 9.17) is 0 Å². The van der Waals surface area contributed by atoms with Gasteiger partial charge in [0, 0.05) is 10.0 Å². The van der Waals surface area contributed by atoms with Crippen molar-refractivity contribution < 1.29 is 12.8 Å². The molecule has 0 aliphatic rings. The molecule has 1 heterocycles. The maximum atomic E-state index is 12.9. The lowest BCUT2D eigenvalue weighted by Crippen LogP contribution is -2.13. The van der Waals surface area contributed by atoms with Gasteiger partial charge in [0.05, 0.1) is 4.90 Å². The molecule has 0 aliphatic carbocycles. The fourth-order valence-corrected chi connectivity index (χ4v) is 3.13. The molecule has 0 fully saturated rings. The van der Waals surface area contributed by atoms with Gasteiger partial charge in [0.1, 0.15) is 12.1 Å². The highest BCUT2D eigenvalue weighted by Gasteiger charge is 2.19. The molecule has 3 rings (SSSR count). The Labute approximate surface area is 134 Å². The number of aromatic nitrogens is 3. The predicted molar refractivity (Wildman–Crippen MR) is 82.1 cm³/mol. The van der Waals surface area contributed by atoms with Gasteiger partial charge >= 0.3 is 0 Å². The maximum absolute atomic E-state index is 12.9. The summed E-state index contributed by atoms with van der Waals surface area (Å²) >= 11 is 3.32. The summed E-state index contributed by atoms with van der Waals surface area (Å²) in [6, 6.07) is 11.7. The Balaban J connectivity index is 1.99. The van der Waals surface area contributed by atoms with E-state index < -0.39 is 15.8 Å². The first-order chi connectivity index (χ1) is 10.5. The molecule has 0 bridgehead atoms. The largest absolute Gasteiger partial charge is 0.284 e. The number of rotatable bonds is 3. The fourth-order valence-electron chi connectivity index (χ4n) is 1.81. The first-order valence-electron chi connectivity index (χ1n) is 6.15. The van der Waals surface area contributed by atoms with Gasteiger partial charge in [-0.1, -0.05) is 28.1 Å². The van der Waals surface area contributed by atoms with Gasteiger partial charge in [0.2, 0.25) is 0 Å². The Hall–Kier alpha value is -2.06. The molecule has 0 saturated carbocycles. The molecule has 0 atom stereocenters. The molecule has 2 aromatic carbocycles. The van der Waals surface area contributed by atoms with E-state index in [1.807, 2.05) is 12.1 Å². The Morgan fingerprint density at radius 2 is 1.64 bits per heavy atom. The molecule has 0 N–H and O–H groups in total. The normalized spacial score (nSPS) is 11.5. The lowest BCUT2D eigenvalue weighted by molar-refractivity contribution is 0.579. The van der Waals surface area contributed by atoms with Crippen LogP contribution in [-0.4, -0.2) is 22.6 Å². The summed E-state index contributed by atoms with van der Waals surface area (Å²) in [6.45, 7) is 0. The quantitative estimate of drug-likeness (QED) is 0.699. The second-order valence-corrected chi connectivity index (χ2v) is 7.12. The maximum Gasteiger partial charge on any atom is 0.284 e. The van der Waals surface area contributed by atoms with Crippen molar-refractivity contribution in [2.45, 2.75) is 4.90 Å². The van der Waals surface area contributed by atoms with Crippen molar-refractivity contribution in [2.75, 3.05) is 0 Å². The number of nitrogens with zero attached hydrogens (tertiary/aromatic N) is 3. The lowest BCUT2D eigenvalue weighted by atomic mass is 10.2. The van der Waals surface area contributed by atoms with Crippen molar-refractivity contribution in [3.63, 3.8) is 0 Å². The summed E-state index contributed by atoms with van der Waals surface area (Å²) in [5.41, 5.74) is 0.691. The van der Waals surface area contributed by atoms with Crippen LogP contribution in [0.25, 0.3) is 11.4 Å². The first-order valence-corrected chi connectivity index (χ1v) is 8.39. The lowest BCUT2D eigenvalue weighted by Gasteiger charge is -2.03. The van der Waals surface area contributed by atoms with Crippen LogP contribution in [0.1, 0.15) is 0 Å². The van der Waals surface area contributed by atoms with Crippen LogP contribution >= 0.6 is 15.9 Å². The van der Waals surface area contributed by atoms with Crippen molar-refractivity contribution in [3.8, 4) is 11.4 Å². The molecule has 0 amide bonds. The molecule has 5 nitrogen and oxygen atoms in total. The van der Waals surface area contributed by atoms with E-state index in [0.29, 0.717) is 5.56 Å². The minimum Gasteiger partial charge on any atom is -0.214 e. The van der Waals surface area contributed by atoms with Gasteiger partial charge < -0.3 is 0 Å². The van der Waals surface area contributed by atoms with Crippen LogP contribution in [0, 0.1) is 5.82 Å². The van der Waals surface area contributed by atoms with E-state index >= 15 is 0 Å². The predicted octanol–water partition coefficient (Wildman–Crippen LogP) is 3.08. The first kappa shape index (κ1) is 14.9. The van der Waals surface area contributed by atoms with Crippen LogP contribution in [0.4, 0.5) is 4.39 Å². The molecule has 0 radical (unpaired) electrons. The summed E-state index contributed by atoms with van der Waals surface area (Å²) in [4.78, 5) is 3.95. The molecule has 0 aliphatic heterocycles. The molecule has 112 valence electrons. The molecule has 0 saturated heterocycles. The van der Waals surface area contributed by atoms with Crippen LogP contribution < -0.4 is 0 Å². The van der Waals surface area contributed by atoms with Crippen LogP contribution in [0.3, 0.4) is 0 Å². The summed E-state index contributed by atoms with van der Waals surface area (Å²) < 4.78 is 39.3. The average molecular weight is 382 g/mol. The van der Waals surface area contributed by atoms with Gasteiger partial charge in [0.25, 0.3) is 10.0 Å². The minimum absolute atomic E-state index is 0.0545. The van der Waals surface area contributed by atoms with Crippen molar-refractivity contribution in [1.29, 1.82) is 0 Å². The van der Waals surface area contributed by atoms with E-state index in [-0.39, 0.29) is 10.7 Å². The average Bonchev–Trinajstić information content (AvgIpc) is 2.99. The standard InChI is InChI=1S/C14H9BrFN3O2S/c15-11-3-1-10(2-4-11)14-17-9-19(18-14)22(20,21)13-7-5-12(16)6-8-13/h1-9H. The number of hydrogen-bond acceptors (Lipinski definition) is 4. The van der Waals surface area contributed by atoms with E-state index in [1.165, 1.54) is 12.1 Å². The number of halogens is 2. The highest BCUT2D eigenvalue weighted by molar-refractivity contribution is 9.10. The summed E-state index contributed by atoms with van der Waals surface area (Å²) in [6.07, 6.45) is 1.12. The van der Waals surface area contributed by atoms with Gasteiger partial charge in [-0.2, -0.15) is 8.42 Å². The van der Waals surface area contributed by atoms with Gasteiger partial charge in [-0.25, -0.2) is 9.37 Å². The molecule has 0 spiro atoms. The highest BCUT2D eigenvalue weighted by Crippen LogP contribution is 2.19. The Morgan fingerprint density at radius 1 is 1.00 bits per heavy atom. The van der Waals surface area contributed by atoms with Crippen LogP contribution in [0.5, 0.6) is 0 Å². The fraction of sp³-hybridized carbons (Fsp3) is 0. The second kappa shape index (κ2) is 5.62. The van der Waals surface area contributed by atoms with Crippen LogP contribution in [0.15, 0.2) is 64.2 Å². The third-order valence-electron chi connectivity index (χ3n) is 2.93. The molecule has 3 aromatic rings. The third kappa shape index (κ3) is 2.79. The van der Waals surface area contributed by atoms with E-state index in [2.05, 4.69) is 26.0 Å². The summed E-state index contributed by atoms with van der Waals surface area (Å²) in [7, 11) is -3.88. The van der Waals surface area contributed by atoms with Crippen molar-refractivity contribution in [2.24, 2.45) is 0 Å². The van der Waals surface area contributed by atoms with E-state index in [9.17, 15) is 12.8 Å². The van der Waals surface area contributed by atoms with E-state index in [1.54, 1.807) is 12.1 Å². The topological polar surface area (TPSA) is 64.8 Å². The molecular weight excluding hydrogens is 373 g/mol. The van der Waals surface area contributed by atoms with Crippen molar-refractivity contribution in [3.05, 3.63) is 65.1 Å². The number of benzene rings is 2. The summed E-state index contributed by atoms with van der Waals surface area (Å²) in [5, 5.41) is 3.99. The SMILES string of the molecule is O=S(=O)(c1ccc(F)cc1)n1cnc(-c2ccc(Br)cc2)n1. The number of hydrogen-bond donors (Lipinski definition) is 0. The van der Waals surface area contributed by atoms with Crippen molar-refractivity contribution >= 4 is 26.0 Å². The van der Waals surface area contributed by atoms with Gasteiger partial charge in [-0.05, 0) is 36.4 Å². The van der Waals surface area contributed by atoms with E-state index in [0.717, 1.165) is 27.0 Å². The zero-order valence-corrected chi connectivity index (χ0v) is 13.4. The summed E-state index contributed by atoms with van der Waals surface area (Å²) in [5.74, 6) is -0.216. The van der Waals surface area contributed by atoms with Gasteiger partial charge in [-0.3, -0.25) is 0 Å². The molecule has 22 heavy (non-hydrogen) atoms. The molecular formula is C14H9BrFN3O2S. The second-order valence-electron chi connectivity index (χ2n) is 4.41. The zero-order valence-electron chi connectivity index (χ0n) is 11.0. The van der Waals surface area contributed by atoms with Crippen LogP contribution in [0.2, 0.25) is 0 Å². The molecule has 1 aromatic heterocycles. The zero-order chi connectivity index (χ0) is 15.7. The highest BCUT2D eigenvalue weighted by atomic mass is 79.9. The smallest absolute Gasteiger partial charge is 0.214 e. The third-order valence-corrected chi connectivity index (χ3v) is 5.00. The minimum atomic E-state index is -3.88. The Bertz CT molecular complexity index is 906. The molecule has 0 unspecified atom stereocenters. The van der Waals surface area contributed by atoms with Gasteiger partial charge in [-0.15, -0.1) is 9.19 Å². The molecule has 8 heteroatoms. The van der Waals surface area contributed by atoms with Gasteiger partial charge in [0.15, 0.2) is 5.82 Å².